The van der Waals surface area contributed by atoms with Crippen LogP contribution < -0.4 is 5.32 Å². The number of amides is 1. The largest absolute Gasteiger partial charge is 0.507 e. The Morgan fingerprint density at radius 3 is 2.58 bits per heavy atom. The van der Waals surface area contributed by atoms with E-state index in [2.05, 4.69) is 9.88 Å². The van der Waals surface area contributed by atoms with E-state index in [1.165, 1.54) is 30.7 Å². The Hall–Kier alpha value is -4.86. The molecular weight excluding hydrogens is 514 g/mol. The Morgan fingerprint density at radius 1 is 1.07 bits per heavy atom. The highest BCUT2D eigenvalue weighted by Crippen LogP contribution is 2.36. The lowest BCUT2D eigenvalue weighted by Gasteiger charge is -2.25. The second-order valence-electron chi connectivity index (χ2n) is 9.95. The average Bonchev–Trinajstić information content (AvgIpc) is 3.61. The summed E-state index contributed by atoms with van der Waals surface area (Å²) in [5.74, 6) is -2.34. The first-order valence-corrected chi connectivity index (χ1v) is 13.1. The zero-order valence-electron chi connectivity index (χ0n) is 21.6. The van der Waals surface area contributed by atoms with Crippen molar-refractivity contribution in [2.45, 2.75) is 50.6 Å². The summed E-state index contributed by atoms with van der Waals surface area (Å²) >= 11 is 0. The van der Waals surface area contributed by atoms with E-state index < -0.39 is 23.9 Å². The first-order chi connectivity index (χ1) is 19.3. The molecule has 1 amide bonds. The van der Waals surface area contributed by atoms with Crippen LogP contribution in [0.4, 0.5) is 0 Å². The van der Waals surface area contributed by atoms with Crippen LogP contribution in [0.3, 0.4) is 0 Å². The molecule has 1 saturated carbocycles. The minimum Gasteiger partial charge on any atom is -0.507 e. The van der Waals surface area contributed by atoms with Crippen LogP contribution in [0.2, 0.25) is 0 Å². The third-order valence-electron chi connectivity index (χ3n) is 7.21. The predicted molar refractivity (Wildman–Crippen MR) is 147 cm³/mol. The van der Waals surface area contributed by atoms with Gasteiger partial charge >= 0.3 is 11.9 Å². The lowest BCUT2D eigenvalue weighted by atomic mass is 9.95. The van der Waals surface area contributed by atoms with Gasteiger partial charge in [-0.1, -0.05) is 25.3 Å². The Bertz CT molecular complexity index is 1580. The summed E-state index contributed by atoms with van der Waals surface area (Å²) < 4.78 is 7.53. The van der Waals surface area contributed by atoms with Crippen molar-refractivity contribution in [2.75, 3.05) is 0 Å². The zero-order valence-corrected chi connectivity index (χ0v) is 21.6. The summed E-state index contributed by atoms with van der Waals surface area (Å²) in [7, 11) is 0. The Balaban J connectivity index is 1.40. The van der Waals surface area contributed by atoms with E-state index in [4.69, 9.17) is 14.5 Å². The van der Waals surface area contributed by atoms with Crippen molar-refractivity contribution in [1.29, 1.82) is 0 Å². The van der Waals surface area contributed by atoms with Gasteiger partial charge in [0.25, 0.3) is 5.91 Å². The van der Waals surface area contributed by atoms with E-state index in [1.54, 1.807) is 24.7 Å². The minimum absolute atomic E-state index is 0.0710. The number of phenols is 1. The summed E-state index contributed by atoms with van der Waals surface area (Å²) in [4.78, 5) is 40.9. The lowest BCUT2D eigenvalue weighted by Crippen LogP contribution is -2.42. The van der Waals surface area contributed by atoms with Crippen LogP contribution >= 0.6 is 0 Å². The molecule has 1 aliphatic rings. The first kappa shape index (κ1) is 26.7. The highest BCUT2D eigenvalue weighted by atomic mass is 16.4. The number of hydrogen-bond acceptors (Lipinski definition) is 6. The molecule has 2 aromatic carbocycles. The number of phenolic OH excluding ortho intramolecular Hbond substituents is 1. The van der Waals surface area contributed by atoms with Crippen LogP contribution in [0.15, 0.2) is 65.5 Å². The SMILES string of the molecule is O=C(O)/C=C/c1cc(CC(NC(=O)c2ccc3c(c2)nc(-c2ccoc2)n3C2CCCCC2)C(=O)O)ccc1O. The van der Waals surface area contributed by atoms with Gasteiger partial charge in [-0.05, 0) is 60.9 Å². The van der Waals surface area contributed by atoms with Crippen LogP contribution in [-0.2, 0) is 16.0 Å². The number of aliphatic carboxylic acids is 2. The van der Waals surface area contributed by atoms with Gasteiger partial charge in [-0.15, -0.1) is 0 Å². The van der Waals surface area contributed by atoms with Crippen LogP contribution in [0.1, 0.15) is 59.6 Å². The van der Waals surface area contributed by atoms with Crippen molar-refractivity contribution in [3.8, 4) is 17.1 Å². The maximum absolute atomic E-state index is 13.2. The number of carbonyl (C=O) groups excluding carboxylic acids is 1. The van der Waals surface area contributed by atoms with E-state index in [0.717, 1.165) is 48.7 Å². The number of aromatic hydroxyl groups is 1. The molecule has 0 aliphatic heterocycles. The van der Waals surface area contributed by atoms with E-state index in [0.29, 0.717) is 17.1 Å². The molecular formula is C30H29N3O7. The van der Waals surface area contributed by atoms with E-state index in [9.17, 15) is 24.6 Å². The van der Waals surface area contributed by atoms with Gasteiger partial charge < -0.3 is 29.6 Å². The number of carboxylic acid groups (broad SMARTS) is 2. The minimum atomic E-state index is -1.26. The molecule has 1 aliphatic carbocycles. The Morgan fingerprint density at radius 2 is 1.88 bits per heavy atom. The summed E-state index contributed by atoms with van der Waals surface area (Å²) in [6.07, 6.45) is 10.9. The maximum Gasteiger partial charge on any atom is 0.328 e. The molecule has 0 saturated heterocycles. The van der Waals surface area contributed by atoms with Crippen LogP contribution in [-0.4, -0.2) is 48.8 Å². The number of nitrogens with one attached hydrogen (secondary N) is 1. The third-order valence-corrected chi connectivity index (χ3v) is 7.21. The number of benzene rings is 2. The molecule has 0 bridgehead atoms. The molecule has 1 atom stereocenters. The molecule has 2 heterocycles. The lowest BCUT2D eigenvalue weighted by molar-refractivity contribution is -0.139. The van der Waals surface area contributed by atoms with Gasteiger partial charge in [0.1, 0.15) is 23.9 Å². The maximum atomic E-state index is 13.2. The van der Waals surface area contributed by atoms with Crippen molar-refractivity contribution in [2.24, 2.45) is 0 Å². The smallest absolute Gasteiger partial charge is 0.328 e. The highest BCUT2D eigenvalue weighted by molar-refractivity contribution is 5.99. The van der Waals surface area contributed by atoms with E-state index in [1.807, 2.05) is 12.1 Å². The highest BCUT2D eigenvalue weighted by Gasteiger charge is 2.25. The Labute approximate surface area is 229 Å². The van der Waals surface area contributed by atoms with Gasteiger partial charge in [-0.25, -0.2) is 14.6 Å². The molecule has 206 valence electrons. The van der Waals surface area contributed by atoms with E-state index >= 15 is 0 Å². The van der Waals surface area contributed by atoms with Gasteiger partial charge in [-0.2, -0.15) is 0 Å². The molecule has 40 heavy (non-hydrogen) atoms. The molecule has 10 nitrogen and oxygen atoms in total. The van der Waals surface area contributed by atoms with Gasteiger partial charge in [-0.3, -0.25) is 4.79 Å². The third kappa shape index (κ3) is 5.75. The van der Waals surface area contributed by atoms with Crippen molar-refractivity contribution in [3.05, 3.63) is 77.8 Å². The van der Waals surface area contributed by atoms with Crippen molar-refractivity contribution < 1.29 is 34.1 Å². The molecule has 10 heteroatoms. The standard InChI is InChI=1S/C30H29N3O7/c34-26-10-6-18(14-19(26)8-11-27(35)36)15-24(30(38)39)32-29(37)20-7-9-25-23(16-20)31-28(21-12-13-40-17-21)33(25)22-4-2-1-3-5-22/h6-14,16-17,22,24,34H,1-5,15H2,(H,32,37)(H,35,36)(H,38,39)/b11-8+. The number of carbonyl (C=O) groups is 3. The number of imidazole rings is 1. The molecule has 0 radical (unpaired) electrons. The summed E-state index contributed by atoms with van der Waals surface area (Å²) in [6.45, 7) is 0. The number of nitrogens with zero attached hydrogens (tertiary/aromatic N) is 2. The van der Waals surface area contributed by atoms with Crippen LogP contribution in [0, 0.1) is 0 Å². The topological polar surface area (TPSA) is 155 Å². The second kappa shape index (κ2) is 11.5. The number of fused-ring (bicyclic) bond motifs is 1. The van der Waals surface area contributed by atoms with Crippen molar-refractivity contribution >= 4 is 35.0 Å². The molecule has 4 aromatic rings. The van der Waals surface area contributed by atoms with Gasteiger partial charge in [0, 0.05) is 29.7 Å². The molecule has 2 aromatic heterocycles. The molecule has 1 fully saturated rings. The fourth-order valence-electron chi connectivity index (χ4n) is 5.25. The number of aromatic nitrogens is 2. The van der Waals surface area contributed by atoms with Gasteiger partial charge in [0.15, 0.2) is 0 Å². The fraction of sp³-hybridized carbons (Fsp3) is 0.267. The average molecular weight is 544 g/mol. The van der Waals surface area contributed by atoms with E-state index in [-0.39, 0.29) is 23.3 Å². The summed E-state index contributed by atoms with van der Waals surface area (Å²) in [6, 6.07) is 10.4. The predicted octanol–water partition coefficient (Wildman–Crippen LogP) is 5.03. The van der Waals surface area contributed by atoms with Crippen molar-refractivity contribution in [3.63, 3.8) is 0 Å². The monoisotopic (exact) mass is 543 g/mol. The molecule has 4 N–H and O–H groups in total. The molecule has 5 rings (SSSR count). The van der Waals surface area contributed by atoms with Gasteiger partial charge in [0.2, 0.25) is 0 Å². The number of furan rings is 1. The van der Waals surface area contributed by atoms with Crippen LogP contribution in [0.5, 0.6) is 5.75 Å². The fourth-order valence-corrected chi connectivity index (χ4v) is 5.25. The number of carboxylic acids is 2. The van der Waals surface area contributed by atoms with Gasteiger partial charge in [0.05, 0.1) is 22.9 Å². The second-order valence-corrected chi connectivity index (χ2v) is 9.95. The molecule has 0 spiro atoms. The normalized spacial score (nSPS) is 14.9. The molecule has 1 unspecified atom stereocenters. The number of rotatable bonds is 9. The quantitative estimate of drug-likeness (QED) is 0.214. The van der Waals surface area contributed by atoms with Crippen LogP contribution in [0.25, 0.3) is 28.5 Å². The van der Waals surface area contributed by atoms with Crippen molar-refractivity contribution in [1.82, 2.24) is 14.9 Å². The first-order valence-electron chi connectivity index (χ1n) is 13.1. The Kier molecular flexibility index (Phi) is 7.68. The summed E-state index contributed by atoms with van der Waals surface area (Å²) in [5.41, 5.74) is 3.40. The zero-order chi connectivity index (χ0) is 28.2. The summed E-state index contributed by atoms with van der Waals surface area (Å²) in [5, 5.41) is 31.2. The number of hydrogen-bond donors (Lipinski definition) is 4.